The lowest BCUT2D eigenvalue weighted by atomic mass is 10.0. The van der Waals surface area contributed by atoms with E-state index < -0.39 is 22.0 Å². The van der Waals surface area contributed by atoms with Crippen molar-refractivity contribution >= 4 is 16.0 Å². The van der Waals surface area contributed by atoms with Crippen molar-refractivity contribution < 1.29 is 18.3 Å². The highest BCUT2D eigenvalue weighted by atomic mass is 32.2. The first-order chi connectivity index (χ1) is 9.79. The molecule has 0 bridgehead atoms. The number of nitriles is 1. The van der Waals surface area contributed by atoms with Crippen LogP contribution in [0, 0.1) is 17.2 Å². The van der Waals surface area contributed by atoms with Gasteiger partial charge in [0.1, 0.15) is 6.04 Å². The molecular formula is C14H18N2O4S. The minimum atomic E-state index is -3.80. The second kappa shape index (κ2) is 7.20. The summed E-state index contributed by atoms with van der Waals surface area (Å²) >= 11 is 0. The number of carbonyl (C=O) groups is 1. The van der Waals surface area contributed by atoms with Crippen LogP contribution in [0.15, 0.2) is 24.3 Å². The average molecular weight is 310 g/mol. The number of carboxylic acids is 1. The van der Waals surface area contributed by atoms with Gasteiger partial charge in [-0.3, -0.25) is 4.79 Å². The molecule has 0 aliphatic carbocycles. The summed E-state index contributed by atoms with van der Waals surface area (Å²) in [6.45, 7) is 3.48. The molecule has 1 rings (SSSR count). The molecule has 0 saturated heterocycles. The molecule has 114 valence electrons. The van der Waals surface area contributed by atoms with Gasteiger partial charge in [0.2, 0.25) is 10.0 Å². The zero-order chi connectivity index (χ0) is 16.0. The molecule has 21 heavy (non-hydrogen) atoms. The zero-order valence-electron chi connectivity index (χ0n) is 11.9. The van der Waals surface area contributed by atoms with Crippen molar-refractivity contribution in [1.82, 2.24) is 4.72 Å². The summed E-state index contributed by atoms with van der Waals surface area (Å²) in [7, 11) is -3.80. The molecule has 0 heterocycles. The van der Waals surface area contributed by atoms with Crippen molar-refractivity contribution in [3.05, 3.63) is 35.4 Å². The smallest absolute Gasteiger partial charge is 0.322 e. The highest BCUT2D eigenvalue weighted by Gasteiger charge is 2.28. The van der Waals surface area contributed by atoms with E-state index in [1.165, 1.54) is 6.07 Å². The predicted octanol–water partition coefficient (Wildman–Crippen LogP) is 1.48. The number of carboxylic acid groups (broad SMARTS) is 1. The van der Waals surface area contributed by atoms with E-state index in [0.717, 1.165) is 0 Å². The summed E-state index contributed by atoms with van der Waals surface area (Å²) in [5.74, 6) is -1.87. The molecule has 0 aliphatic rings. The maximum Gasteiger partial charge on any atom is 0.322 e. The molecule has 6 nitrogen and oxygen atoms in total. The van der Waals surface area contributed by atoms with Crippen LogP contribution in [0.5, 0.6) is 0 Å². The Morgan fingerprint density at radius 1 is 1.48 bits per heavy atom. The lowest BCUT2D eigenvalue weighted by molar-refractivity contribution is -0.140. The van der Waals surface area contributed by atoms with Gasteiger partial charge >= 0.3 is 5.97 Å². The molecule has 0 amide bonds. The minimum Gasteiger partial charge on any atom is -0.480 e. The van der Waals surface area contributed by atoms with Crippen molar-refractivity contribution in [3.8, 4) is 6.07 Å². The molecule has 0 aliphatic heterocycles. The fourth-order valence-electron chi connectivity index (χ4n) is 1.83. The summed E-state index contributed by atoms with van der Waals surface area (Å²) in [4.78, 5) is 11.2. The Hall–Kier alpha value is -1.91. The van der Waals surface area contributed by atoms with Crippen LogP contribution in [-0.2, 0) is 20.6 Å². The molecule has 0 aromatic heterocycles. The van der Waals surface area contributed by atoms with Crippen LogP contribution in [0.4, 0.5) is 0 Å². The van der Waals surface area contributed by atoms with E-state index in [4.69, 9.17) is 10.4 Å². The maximum absolute atomic E-state index is 12.1. The lowest BCUT2D eigenvalue weighted by Gasteiger charge is -2.20. The molecule has 2 unspecified atom stereocenters. The van der Waals surface area contributed by atoms with E-state index in [-0.39, 0.29) is 11.7 Å². The first kappa shape index (κ1) is 17.1. The van der Waals surface area contributed by atoms with E-state index in [9.17, 15) is 13.2 Å². The van der Waals surface area contributed by atoms with Gasteiger partial charge in [0.05, 0.1) is 17.4 Å². The second-order valence-corrected chi connectivity index (χ2v) is 6.64. The first-order valence-electron chi connectivity index (χ1n) is 6.51. The van der Waals surface area contributed by atoms with Crippen molar-refractivity contribution in [2.45, 2.75) is 32.1 Å². The van der Waals surface area contributed by atoms with E-state index in [0.29, 0.717) is 17.5 Å². The number of nitrogens with one attached hydrogen (secondary N) is 1. The number of nitrogens with zero attached hydrogens (tertiary/aromatic N) is 1. The minimum absolute atomic E-state index is 0.317. The summed E-state index contributed by atoms with van der Waals surface area (Å²) < 4.78 is 26.4. The van der Waals surface area contributed by atoms with E-state index in [1.807, 2.05) is 6.07 Å². The van der Waals surface area contributed by atoms with Gasteiger partial charge in [0.15, 0.2) is 0 Å². The third-order valence-electron chi connectivity index (χ3n) is 3.20. The van der Waals surface area contributed by atoms with E-state index >= 15 is 0 Å². The summed E-state index contributed by atoms with van der Waals surface area (Å²) in [6, 6.07) is 6.99. The van der Waals surface area contributed by atoms with Gasteiger partial charge in [-0.05, 0) is 23.6 Å². The Morgan fingerprint density at radius 3 is 2.67 bits per heavy atom. The predicted molar refractivity (Wildman–Crippen MR) is 77.8 cm³/mol. The largest absolute Gasteiger partial charge is 0.480 e. The number of hydrogen-bond donors (Lipinski definition) is 2. The summed E-state index contributed by atoms with van der Waals surface area (Å²) in [5, 5.41) is 17.9. The molecule has 7 heteroatoms. The molecule has 0 radical (unpaired) electrons. The normalized spacial score (nSPS) is 14.1. The third-order valence-corrected chi connectivity index (χ3v) is 4.52. The molecule has 1 aromatic rings. The van der Waals surface area contributed by atoms with Crippen molar-refractivity contribution in [1.29, 1.82) is 5.26 Å². The van der Waals surface area contributed by atoms with Crippen LogP contribution in [0.25, 0.3) is 0 Å². The monoisotopic (exact) mass is 310 g/mol. The number of hydrogen-bond acceptors (Lipinski definition) is 4. The Morgan fingerprint density at radius 2 is 2.14 bits per heavy atom. The molecule has 2 N–H and O–H groups in total. The van der Waals surface area contributed by atoms with Crippen molar-refractivity contribution in [2.75, 3.05) is 0 Å². The number of rotatable bonds is 7. The molecule has 0 saturated carbocycles. The molecular weight excluding hydrogens is 292 g/mol. The Labute approximate surface area is 124 Å². The quantitative estimate of drug-likeness (QED) is 0.793. The van der Waals surface area contributed by atoms with Gasteiger partial charge in [-0.15, -0.1) is 0 Å². The number of benzene rings is 1. The van der Waals surface area contributed by atoms with Crippen LogP contribution in [0.2, 0.25) is 0 Å². The van der Waals surface area contributed by atoms with Crippen molar-refractivity contribution in [3.63, 3.8) is 0 Å². The van der Waals surface area contributed by atoms with Crippen LogP contribution < -0.4 is 4.72 Å². The van der Waals surface area contributed by atoms with Crippen LogP contribution >= 0.6 is 0 Å². The molecule has 0 fully saturated rings. The average Bonchev–Trinajstić information content (AvgIpc) is 2.43. The van der Waals surface area contributed by atoms with Crippen LogP contribution in [0.1, 0.15) is 31.4 Å². The van der Waals surface area contributed by atoms with Crippen molar-refractivity contribution in [2.24, 2.45) is 5.92 Å². The molecule has 2 atom stereocenters. The highest BCUT2D eigenvalue weighted by Crippen LogP contribution is 2.12. The highest BCUT2D eigenvalue weighted by molar-refractivity contribution is 7.88. The Balaban J connectivity index is 2.90. The lowest BCUT2D eigenvalue weighted by Crippen LogP contribution is -2.45. The Kier molecular flexibility index (Phi) is 5.88. The first-order valence-corrected chi connectivity index (χ1v) is 8.16. The van der Waals surface area contributed by atoms with Crippen LogP contribution in [0.3, 0.4) is 0 Å². The SMILES string of the molecule is CCC(C)C(NS(=O)(=O)Cc1cccc(C#N)c1)C(=O)O. The fraction of sp³-hybridized carbons (Fsp3) is 0.429. The zero-order valence-corrected chi connectivity index (χ0v) is 12.7. The fourth-order valence-corrected chi connectivity index (χ4v) is 3.25. The Bertz CT molecular complexity index is 649. The maximum atomic E-state index is 12.1. The van der Waals surface area contributed by atoms with Gasteiger partial charge in [-0.2, -0.15) is 5.26 Å². The van der Waals surface area contributed by atoms with Gasteiger partial charge in [-0.25, -0.2) is 13.1 Å². The van der Waals surface area contributed by atoms with Gasteiger partial charge in [0.25, 0.3) is 0 Å². The molecule has 0 spiro atoms. The van der Waals surface area contributed by atoms with E-state index in [2.05, 4.69) is 4.72 Å². The number of aliphatic carboxylic acids is 1. The van der Waals surface area contributed by atoms with Crippen LogP contribution in [-0.4, -0.2) is 25.5 Å². The summed E-state index contributed by atoms with van der Waals surface area (Å²) in [6.07, 6.45) is 0.545. The standard InChI is InChI=1S/C14H18N2O4S/c1-3-10(2)13(14(17)18)16-21(19,20)9-12-6-4-5-11(7-12)8-15/h4-7,10,13,16H,3,9H2,1-2H3,(H,17,18). The third kappa shape index (κ3) is 5.17. The second-order valence-electron chi connectivity index (χ2n) is 4.89. The molecule has 1 aromatic carbocycles. The number of sulfonamides is 1. The van der Waals surface area contributed by atoms with Gasteiger partial charge in [-0.1, -0.05) is 32.4 Å². The van der Waals surface area contributed by atoms with Gasteiger partial charge in [0, 0.05) is 0 Å². The van der Waals surface area contributed by atoms with Gasteiger partial charge < -0.3 is 5.11 Å². The summed E-state index contributed by atoms with van der Waals surface area (Å²) in [5.41, 5.74) is 0.800. The van der Waals surface area contributed by atoms with E-state index in [1.54, 1.807) is 32.0 Å². The topological polar surface area (TPSA) is 107 Å².